The minimum absolute atomic E-state index is 0.145. The number of aryl methyl sites for hydroxylation is 1. The average Bonchev–Trinajstić information content (AvgIpc) is 3.13. The van der Waals surface area contributed by atoms with Crippen molar-refractivity contribution in [1.82, 2.24) is 9.97 Å². The molecule has 0 saturated heterocycles. The molecular weight excluding hydrogens is 352 g/mol. The molecule has 0 spiro atoms. The zero-order valence-corrected chi connectivity index (χ0v) is 15.9. The maximum Gasteiger partial charge on any atom is 0.234 e. The normalized spacial score (nSPS) is 12.2. The molecule has 0 aliphatic rings. The number of aliphatic hydroxyl groups excluding tert-OH is 1. The average molecular weight is 374 g/mol. The maximum atomic E-state index is 9.62. The summed E-state index contributed by atoms with van der Waals surface area (Å²) in [6, 6.07) is 18.3. The molecule has 1 N–H and O–H groups in total. The SMILES string of the molecule is CCc1ccc(-c2c(-c3ccccc3)oc3ncnc(OC[C@H](C)O)c23)cc1. The van der Waals surface area contributed by atoms with E-state index in [1.54, 1.807) is 6.92 Å². The topological polar surface area (TPSA) is 68.4 Å². The second-order valence-corrected chi connectivity index (χ2v) is 6.74. The summed E-state index contributed by atoms with van der Waals surface area (Å²) in [5.74, 6) is 1.13. The fourth-order valence-electron chi connectivity index (χ4n) is 3.19. The molecule has 28 heavy (non-hydrogen) atoms. The fourth-order valence-corrected chi connectivity index (χ4v) is 3.19. The van der Waals surface area contributed by atoms with Crippen LogP contribution in [0.4, 0.5) is 0 Å². The lowest BCUT2D eigenvalue weighted by Gasteiger charge is -2.09. The van der Waals surface area contributed by atoms with Crippen LogP contribution >= 0.6 is 0 Å². The molecule has 4 aromatic rings. The van der Waals surface area contributed by atoms with Crippen LogP contribution in [0, 0.1) is 0 Å². The van der Waals surface area contributed by atoms with Gasteiger partial charge in [-0.25, -0.2) is 9.97 Å². The molecule has 5 nitrogen and oxygen atoms in total. The third-order valence-corrected chi connectivity index (χ3v) is 4.60. The van der Waals surface area contributed by atoms with Gasteiger partial charge in [-0.15, -0.1) is 0 Å². The molecule has 4 rings (SSSR count). The summed E-state index contributed by atoms with van der Waals surface area (Å²) < 4.78 is 11.9. The van der Waals surface area contributed by atoms with E-state index in [4.69, 9.17) is 9.15 Å². The van der Waals surface area contributed by atoms with Crippen LogP contribution in [0.1, 0.15) is 19.4 Å². The van der Waals surface area contributed by atoms with E-state index in [2.05, 4.69) is 41.2 Å². The van der Waals surface area contributed by atoms with Gasteiger partial charge in [0.05, 0.1) is 6.10 Å². The second-order valence-electron chi connectivity index (χ2n) is 6.74. The number of hydrogen-bond acceptors (Lipinski definition) is 5. The number of fused-ring (bicyclic) bond motifs is 1. The molecule has 0 bridgehead atoms. The van der Waals surface area contributed by atoms with Gasteiger partial charge >= 0.3 is 0 Å². The number of rotatable bonds is 6. The van der Waals surface area contributed by atoms with Crippen molar-refractivity contribution in [3.05, 3.63) is 66.5 Å². The molecular formula is C23H22N2O3. The minimum Gasteiger partial charge on any atom is -0.474 e. The van der Waals surface area contributed by atoms with Gasteiger partial charge in [-0.3, -0.25) is 0 Å². The Morgan fingerprint density at radius 3 is 2.43 bits per heavy atom. The van der Waals surface area contributed by atoms with Crippen LogP contribution in [0.3, 0.4) is 0 Å². The van der Waals surface area contributed by atoms with Crippen molar-refractivity contribution in [1.29, 1.82) is 0 Å². The first kappa shape index (κ1) is 18.2. The van der Waals surface area contributed by atoms with Crippen LogP contribution in [-0.2, 0) is 6.42 Å². The quantitative estimate of drug-likeness (QED) is 0.521. The van der Waals surface area contributed by atoms with Gasteiger partial charge < -0.3 is 14.3 Å². The number of aliphatic hydroxyl groups is 1. The highest BCUT2D eigenvalue weighted by atomic mass is 16.5. The summed E-state index contributed by atoms with van der Waals surface area (Å²) in [6.07, 6.45) is 1.80. The Kier molecular flexibility index (Phi) is 5.08. The zero-order chi connectivity index (χ0) is 19.5. The highest BCUT2D eigenvalue weighted by Crippen LogP contribution is 2.43. The van der Waals surface area contributed by atoms with E-state index >= 15 is 0 Å². The minimum atomic E-state index is -0.599. The van der Waals surface area contributed by atoms with Gasteiger partial charge in [0.1, 0.15) is 24.1 Å². The predicted molar refractivity (Wildman–Crippen MR) is 109 cm³/mol. The molecule has 2 heterocycles. The van der Waals surface area contributed by atoms with Crippen LogP contribution in [0.5, 0.6) is 5.88 Å². The van der Waals surface area contributed by atoms with Gasteiger partial charge in [0.25, 0.3) is 0 Å². The number of furan rings is 1. The zero-order valence-electron chi connectivity index (χ0n) is 15.9. The van der Waals surface area contributed by atoms with Crippen molar-refractivity contribution in [3.63, 3.8) is 0 Å². The Morgan fingerprint density at radius 1 is 1.00 bits per heavy atom. The number of aromatic nitrogens is 2. The van der Waals surface area contributed by atoms with E-state index in [-0.39, 0.29) is 6.61 Å². The summed E-state index contributed by atoms with van der Waals surface area (Å²) in [5.41, 5.74) is 4.58. The van der Waals surface area contributed by atoms with Crippen LogP contribution in [0.15, 0.2) is 65.3 Å². The molecule has 0 aliphatic heterocycles. The first-order valence-corrected chi connectivity index (χ1v) is 9.40. The molecule has 142 valence electrons. The van der Waals surface area contributed by atoms with E-state index in [9.17, 15) is 5.11 Å². The molecule has 2 aromatic carbocycles. The summed E-state index contributed by atoms with van der Waals surface area (Å²) in [7, 11) is 0. The Bertz CT molecular complexity index is 1070. The number of benzene rings is 2. The van der Waals surface area contributed by atoms with E-state index in [1.807, 2.05) is 30.3 Å². The summed E-state index contributed by atoms with van der Waals surface area (Å²) in [5, 5.41) is 10.3. The molecule has 0 amide bonds. The van der Waals surface area contributed by atoms with Crippen molar-refractivity contribution in [2.45, 2.75) is 26.4 Å². The second kappa shape index (κ2) is 7.82. The van der Waals surface area contributed by atoms with Gasteiger partial charge in [-0.2, -0.15) is 0 Å². The predicted octanol–water partition coefficient (Wildman–Crippen LogP) is 4.88. The number of hydrogen-bond donors (Lipinski definition) is 1. The largest absolute Gasteiger partial charge is 0.474 e. The van der Waals surface area contributed by atoms with E-state index in [0.717, 1.165) is 28.9 Å². The van der Waals surface area contributed by atoms with Crippen molar-refractivity contribution < 1.29 is 14.3 Å². The van der Waals surface area contributed by atoms with Gasteiger partial charge in [0.2, 0.25) is 11.6 Å². The van der Waals surface area contributed by atoms with Gasteiger partial charge in [-0.1, -0.05) is 61.5 Å². The van der Waals surface area contributed by atoms with Crippen LogP contribution in [0.2, 0.25) is 0 Å². The lowest BCUT2D eigenvalue weighted by molar-refractivity contribution is 0.121. The van der Waals surface area contributed by atoms with Crippen molar-refractivity contribution in [2.24, 2.45) is 0 Å². The molecule has 5 heteroatoms. The smallest absolute Gasteiger partial charge is 0.234 e. The molecule has 0 aliphatic carbocycles. The van der Waals surface area contributed by atoms with Gasteiger partial charge in [0.15, 0.2) is 0 Å². The lowest BCUT2D eigenvalue weighted by atomic mass is 9.98. The Labute approximate surface area is 163 Å². The molecule has 2 aromatic heterocycles. The highest BCUT2D eigenvalue weighted by molar-refractivity contribution is 6.03. The Morgan fingerprint density at radius 2 is 1.75 bits per heavy atom. The summed E-state index contributed by atoms with van der Waals surface area (Å²) >= 11 is 0. The molecule has 0 saturated carbocycles. The first-order valence-electron chi connectivity index (χ1n) is 9.40. The number of nitrogens with zero attached hydrogens (tertiary/aromatic N) is 2. The monoisotopic (exact) mass is 374 g/mol. The third-order valence-electron chi connectivity index (χ3n) is 4.60. The lowest BCUT2D eigenvalue weighted by Crippen LogP contribution is -2.13. The van der Waals surface area contributed by atoms with Crippen LogP contribution in [-0.4, -0.2) is 27.8 Å². The maximum absolute atomic E-state index is 9.62. The summed E-state index contributed by atoms with van der Waals surface area (Å²) in [4.78, 5) is 8.62. The van der Waals surface area contributed by atoms with E-state index in [1.165, 1.54) is 11.9 Å². The molecule has 0 fully saturated rings. The first-order chi connectivity index (χ1) is 13.7. The van der Waals surface area contributed by atoms with E-state index < -0.39 is 6.10 Å². The third kappa shape index (κ3) is 3.49. The van der Waals surface area contributed by atoms with Gasteiger partial charge in [0, 0.05) is 11.1 Å². The van der Waals surface area contributed by atoms with E-state index in [0.29, 0.717) is 17.0 Å². The highest BCUT2D eigenvalue weighted by Gasteiger charge is 2.23. The van der Waals surface area contributed by atoms with Crippen molar-refractivity contribution >= 4 is 11.1 Å². The standard InChI is InChI=1S/C23H22N2O3/c1-3-16-9-11-17(12-10-16)19-20-22(27-13-15(2)26)24-14-25-23(20)28-21(19)18-7-5-4-6-8-18/h4-12,14-15,26H,3,13H2,1-2H3/t15-/m0/s1. The van der Waals surface area contributed by atoms with Crippen LogP contribution in [0.25, 0.3) is 33.6 Å². The fraction of sp³-hybridized carbons (Fsp3) is 0.217. The van der Waals surface area contributed by atoms with Crippen molar-refractivity contribution in [2.75, 3.05) is 6.61 Å². The Balaban J connectivity index is 1.96. The Hall–Kier alpha value is -3.18. The summed E-state index contributed by atoms with van der Waals surface area (Å²) in [6.45, 7) is 3.95. The molecule has 0 radical (unpaired) electrons. The van der Waals surface area contributed by atoms with Crippen molar-refractivity contribution in [3.8, 4) is 28.3 Å². The van der Waals surface area contributed by atoms with Crippen LogP contribution < -0.4 is 4.74 Å². The van der Waals surface area contributed by atoms with Gasteiger partial charge in [-0.05, 0) is 24.5 Å². The number of ether oxygens (including phenoxy) is 1. The molecule has 1 atom stereocenters. The molecule has 0 unspecified atom stereocenters.